The lowest BCUT2D eigenvalue weighted by Crippen LogP contribution is -2.45. The number of aryl methyl sites for hydroxylation is 1. The molecule has 31 heavy (non-hydrogen) atoms. The zero-order chi connectivity index (χ0) is 22.0. The van der Waals surface area contributed by atoms with Crippen molar-refractivity contribution in [2.24, 2.45) is 0 Å². The van der Waals surface area contributed by atoms with Gasteiger partial charge in [-0.3, -0.25) is 9.10 Å². The first-order valence-electron chi connectivity index (χ1n) is 9.78. The Kier molecular flexibility index (Phi) is 6.23. The highest BCUT2D eigenvalue weighted by Crippen LogP contribution is 2.30. The number of fused-ring (bicyclic) bond motifs is 1. The van der Waals surface area contributed by atoms with Gasteiger partial charge >= 0.3 is 0 Å². The maximum absolute atomic E-state index is 13.5. The van der Waals surface area contributed by atoms with Crippen molar-refractivity contribution in [1.29, 1.82) is 0 Å². The largest absolute Gasteiger partial charge is 0.311 e. The molecule has 8 heteroatoms. The number of hydrogen-bond donors (Lipinski definition) is 0. The molecule has 4 rings (SSSR count). The SMILES string of the molecule is O=C(CN(c1cccc(Cl)c1)S(=O)(=O)c1ccc(Cl)cc1)N1CCCc2ccccc21. The number of carbonyl (C=O) groups excluding carboxylic acids is 1. The maximum atomic E-state index is 13.5. The molecule has 5 nitrogen and oxygen atoms in total. The Morgan fingerprint density at radius 1 is 0.935 bits per heavy atom. The maximum Gasteiger partial charge on any atom is 0.264 e. The summed E-state index contributed by atoms with van der Waals surface area (Å²) in [7, 11) is -4.03. The minimum atomic E-state index is -4.03. The minimum Gasteiger partial charge on any atom is -0.311 e. The van der Waals surface area contributed by atoms with Crippen molar-refractivity contribution < 1.29 is 13.2 Å². The van der Waals surface area contributed by atoms with E-state index in [0.29, 0.717) is 22.3 Å². The number of carbonyl (C=O) groups is 1. The number of halogens is 2. The smallest absolute Gasteiger partial charge is 0.264 e. The number of rotatable bonds is 5. The van der Waals surface area contributed by atoms with E-state index in [1.807, 2.05) is 24.3 Å². The molecule has 0 radical (unpaired) electrons. The van der Waals surface area contributed by atoms with Crippen molar-refractivity contribution >= 4 is 50.5 Å². The van der Waals surface area contributed by atoms with E-state index in [2.05, 4.69) is 0 Å². The normalized spacial score (nSPS) is 13.5. The average molecular weight is 475 g/mol. The van der Waals surface area contributed by atoms with E-state index in [1.54, 1.807) is 23.1 Å². The fourth-order valence-corrected chi connectivity index (χ4v) is 5.40. The number of amides is 1. The first kappa shape index (κ1) is 21.7. The van der Waals surface area contributed by atoms with Gasteiger partial charge in [0.25, 0.3) is 10.0 Å². The summed E-state index contributed by atoms with van der Waals surface area (Å²) < 4.78 is 28.1. The monoisotopic (exact) mass is 474 g/mol. The van der Waals surface area contributed by atoms with Gasteiger partial charge in [0.05, 0.1) is 10.6 Å². The number of para-hydroxylation sites is 1. The predicted octanol–water partition coefficient (Wildman–Crippen LogP) is 5.17. The summed E-state index contributed by atoms with van der Waals surface area (Å²) in [6.45, 7) is 0.194. The molecule has 160 valence electrons. The number of anilines is 2. The molecule has 0 saturated carbocycles. The predicted molar refractivity (Wildman–Crippen MR) is 125 cm³/mol. The van der Waals surface area contributed by atoms with Crippen molar-refractivity contribution in [2.75, 3.05) is 22.3 Å². The molecular weight excluding hydrogens is 455 g/mol. The van der Waals surface area contributed by atoms with E-state index in [4.69, 9.17) is 23.2 Å². The Hall–Kier alpha value is -2.54. The molecule has 3 aromatic carbocycles. The van der Waals surface area contributed by atoms with Gasteiger partial charge < -0.3 is 4.90 Å². The van der Waals surface area contributed by atoms with Crippen LogP contribution in [0.1, 0.15) is 12.0 Å². The Balaban J connectivity index is 1.72. The molecule has 1 aliphatic rings. The van der Waals surface area contributed by atoms with E-state index >= 15 is 0 Å². The molecule has 0 spiro atoms. The lowest BCUT2D eigenvalue weighted by atomic mass is 10.0. The van der Waals surface area contributed by atoms with Gasteiger partial charge in [0.1, 0.15) is 6.54 Å². The van der Waals surface area contributed by atoms with Crippen LogP contribution in [0.25, 0.3) is 0 Å². The Bertz CT molecular complexity index is 1210. The van der Waals surface area contributed by atoms with Crippen LogP contribution >= 0.6 is 23.2 Å². The molecule has 0 aliphatic carbocycles. The van der Waals surface area contributed by atoms with Crippen LogP contribution in [-0.4, -0.2) is 27.4 Å². The first-order chi connectivity index (χ1) is 14.9. The Morgan fingerprint density at radius 2 is 1.68 bits per heavy atom. The molecule has 1 amide bonds. The third-order valence-electron chi connectivity index (χ3n) is 5.19. The summed E-state index contributed by atoms with van der Waals surface area (Å²) in [5.74, 6) is -0.301. The minimum absolute atomic E-state index is 0.0451. The topological polar surface area (TPSA) is 57.7 Å². The average Bonchev–Trinajstić information content (AvgIpc) is 2.77. The summed E-state index contributed by atoms with van der Waals surface area (Å²) in [6.07, 6.45) is 1.71. The molecular formula is C23H20Cl2N2O3S. The molecule has 1 aliphatic heterocycles. The second-order valence-corrected chi connectivity index (χ2v) is 9.96. The lowest BCUT2D eigenvalue weighted by molar-refractivity contribution is -0.117. The molecule has 0 saturated heterocycles. The summed E-state index contributed by atoms with van der Waals surface area (Å²) in [5, 5.41) is 0.804. The second kappa shape index (κ2) is 8.91. The zero-order valence-electron chi connectivity index (χ0n) is 16.5. The second-order valence-electron chi connectivity index (χ2n) is 7.22. The highest BCUT2D eigenvalue weighted by Gasteiger charge is 2.31. The molecule has 0 aromatic heterocycles. The fourth-order valence-electron chi connectivity index (χ4n) is 3.68. The third kappa shape index (κ3) is 4.56. The molecule has 0 N–H and O–H groups in total. The third-order valence-corrected chi connectivity index (χ3v) is 7.46. The van der Waals surface area contributed by atoms with Gasteiger partial charge in [-0.05, 0) is 66.9 Å². The van der Waals surface area contributed by atoms with Crippen LogP contribution in [0.5, 0.6) is 0 Å². The van der Waals surface area contributed by atoms with Crippen molar-refractivity contribution in [3.8, 4) is 0 Å². The number of hydrogen-bond acceptors (Lipinski definition) is 3. The van der Waals surface area contributed by atoms with Crippen LogP contribution in [0.4, 0.5) is 11.4 Å². The quantitative estimate of drug-likeness (QED) is 0.512. The van der Waals surface area contributed by atoms with Crippen molar-refractivity contribution in [1.82, 2.24) is 0 Å². The van der Waals surface area contributed by atoms with E-state index in [0.717, 1.165) is 28.4 Å². The van der Waals surface area contributed by atoms with Crippen LogP contribution < -0.4 is 9.21 Å². The van der Waals surface area contributed by atoms with Crippen molar-refractivity contribution in [3.05, 3.63) is 88.4 Å². The standard InChI is InChI=1S/C23H20Cl2N2O3S/c24-18-10-12-21(13-11-18)31(29,30)27(20-8-3-7-19(25)15-20)16-23(28)26-14-4-6-17-5-1-2-9-22(17)26/h1-3,5,7-13,15H,4,6,14,16H2. The van der Waals surface area contributed by atoms with E-state index in [1.165, 1.54) is 30.3 Å². The van der Waals surface area contributed by atoms with Crippen LogP contribution in [-0.2, 0) is 21.2 Å². The van der Waals surface area contributed by atoms with Gasteiger partial charge in [-0.1, -0.05) is 47.5 Å². The number of sulfonamides is 1. The zero-order valence-corrected chi connectivity index (χ0v) is 18.9. The highest BCUT2D eigenvalue weighted by atomic mass is 35.5. The van der Waals surface area contributed by atoms with Crippen LogP contribution in [0, 0.1) is 0 Å². The molecule has 3 aromatic rings. The highest BCUT2D eigenvalue weighted by molar-refractivity contribution is 7.92. The Morgan fingerprint density at radius 3 is 2.42 bits per heavy atom. The molecule has 0 unspecified atom stereocenters. The Labute approximate surface area is 191 Å². The summed E-state index contributed by atoms with van der Waals surface area (Å²) in [5.41, 5.74) is 2.23. The van der Waals surface area contributed by atoms with Gasteiger partial charge in [0.15, 0.2) is 0 Å². The molecule has 0 bridgehead atoms. The molecule has 1 heterocycles. The summed E-state index contributed by atoms with van der Waals surface area (Å²) in [4.78, 5) is 15.0. The fraction of sp³-hybridized carbons (Fsp3) is 0.174. The van der Waals surface area contributed by atoms with Crippen molar-refractivity contribution in [2.45, 2.75) is 17.7 Å². The van der Waals surface area contributed by atoms with Crippen molar-refractivity contribution in [3.63, 3.8) is 0 Å². The van der Waals surface area contributed by atoms with Crippen LogP contribution in [0.15, 0.2) is 77.7 Å². The van der Waals surface area contributed by atoms with Gasteiger partial charge in [0.2, 0.25) is 5.91 Å². The van der Waals surface area contributed by atoms with E-state index in [-0.39, 0.29) is 17.3 Å². The number of nitrogens with zero attached hydrogens (tertiary/aromatic N) is 2. The van der Waals surface area contributed by atoms with E-state index in [9.17, 15) is 13.2 Å². The first-order valence-corrected chi connectivity index (χ1v) is 12.0. The van der Waals surface area contributed by atoms with Crippen LogP contribution in [0.2, 0.25) is 10.0 Å². The van der Waals surface area contributed by atoms with E-state index < -0.39 is 10.0 Å². The van der Waals surface area contributed by atoms with Gasteiger partial charge in [-0.15, -0.1) is 0 Å². The lowest BCUT2D eigenvalue weighted by Gasteiger charge is -2.32. The van der Waals surface area contributed by atoms with Gasteiger partial charge in [0, 0.05) is 22.3 Å². The van der Waals surface area contributed by atoms with Gasteiger partial charge in [-0.25, -0.2) is 8.42 Å². The van der Waals surface area contributed by atoms with Crippen LogP contribution in [0.3, 0.4) is 0 Å². The summed E-state index contributed by atoms with van der Waals surface area (Å²) >= 11 is 12.0. The summed E-state index contributed by atoms with van der Waals surface area (Å²) in [6, 6.07) is 20.0. The van der Waals surface area contributed by atoms with Gasteiger partial charge in [-0.2, -0.15) is 0 Å². The molecule has 0 fully saturated rings. The molecule has 0 atom stereocenters. The number of benzene rings is 3.